The van der Waals surface area contributed by atoms with Crippen LogP contribution in [0.25, 0.3) is 0 Å². The lowest BCUT2D eigenvalue weighted by Crippen LogP contribution is -2.49. The van der Waals surface area contributed by atoms with E-state index in [4.69, 9.17) is 0 Å². The molecule has 2 saturated heterocycles. The molecule has 3 unspecified atom stereocenters. The number of benzene rings is 1. The number of amides is 3. The number of fused-ring (bicyclic) bond motifs is 5. The summed E-state index contributed by atoms with van der Waals surface area (Å²) in [6, 6.07) is 3.62. The fraction of sp³-hybridized carbons (Fsp3) is 0.375. The van der Waals surface area contributed by atoms with Gasteiger partial charge < -0.3 is 4.90 Å². The van der Waals surface area contributed by atoms with Gasteiger partial charge in [0.25, 0.3) is 5.91 Å². The minimum absolute atomic E-state index is 0.0372. The van der Waals surface area contributed by atoms with E-state index >= 15 is 0 Å². The number of carbonyl (C=O) groups excluding carboxylic acids is 2. The van der Waals surface area contributed by atoms with Gasteiger partial charge in [-0.1, -0.05) is 18.2 Å². The summed E-state index contributed by atoms with van der Waals surface area (Å²) >= 11 is 0. The van der Waals surface area contributed by atoms with Gasteiger partial charge in [0, 0.05) is 5.92 Å². The predicted molar refractivity (Wildman–Crippen MR) is 75.6 cm³/mol. The fourth-order valence-corrected chi connectivity index (χ4v) is 3.88. The number of hydrogen-bond donors (Lipinski definition) is 0. The predicted octanol–water partition coefficient (Wildman–Crippen LogP) is 3.19. The van der Waals surface area contributed by atoms with Crippen LogP contribution in [0.1, 0.15) is 18.9 Å². The van der Waals surface area contributed by atoms with Gasteiger partial charge in [-0.25, -0.2) is 9.69 Å². The summed E-state index contributed by atoms with van der Waals surface area (Å²) < 4.78 is 38.6. The third-order valence-electron chi connectivity index (χ3n) is 5.08. The Morgan fingerprint density at radius 3 is 2.61 bits per heavy atom. The molecule has 2 aliphatic heterocycles. The molecule has 2 heterocycles. The van der Waals surface area contributed by atoms with Gasteiger partial charge in [0.1, 0.15) is 5.54 Å². The number of alkyl halides is 3. The molecule has 0 spiro atoms. The van der Waals surface area contributed by atoms with Gasteiger partial charge >= 0.3 is 12.2 Å². The molecular weight excluding hydrogens is 309 g/mol. The molecule has 3 atom stereocenters. The summed E-state index contributed by atoms with van der Waals surface area (Å²) in [5.74, 6) is -0.543. The van der Waals surface area contributed by atoms with Crippen molar-refractivity contribution in [2.24, 2.45) is 5.92 Å². The van der Waals surface area contributed by atoms with Crippen LogP contribution in [0.3, 0.4) is 0 Å². The lowest BCUT2D eigenvalue weighted by molar-refractivity contribution is -0.137. The topological polar surface area (TPSA) is 40.6 Å². The highest BCUT2D eigenvalue weighted by Crippen LogP contribution is 2.50. The van der Waals surface area contributed by atoms with Crippen molar-refractivity contribution in [1.29, 1.82) is 0 Å². The lowest BCUT2D eigenvalue weighted by atomic mass is 9.87. The first kappa shape index (κ1) is 14.3. The highest BCUT2D eigenvalue weighted by atomic mass is 19.4. The van der Waals surface area contributed by atoms with E-state index in [1.165, 1.54) is 17.0 Å². The van der Waals surface area contributed by atoms with Crippen LogP contribution in [-0.4, -0.2) is 28.4 Å². The van der Waals surface area contributed by atoms with Gasteiger partial charge in [-0.05, 0) is 31.5 Å². The number of urea groups is 1. The standard InChI is InChI=1S/C16H13F3N2O2/c1-15-9-5-6-12(7-9)21(15)14(23)20(13(15)22)11-4-2-3-10(8-11)16(17,18)19/h2-6,8-9,12H,7H2,1H3. The van der Waals surface area contributed by atoms with Crippen LogP contribution in [-0.2, 0) is 11.0 Å². The summed E-state index contributed by atoms with van der Waals surface area (Å²) in [6.07, 6.45) is -0.0257. The molecule has 0 N–H and O–H groups in total. The Bertz CT molecular complexity index is 758. The van der Waals surface area contributed by atoms with Crippen molar-refractivity contribution < 1.29 is 22.8 Å². The Morgan fingerprint density at radius 2 is 1.96 bits per heavy atom. The average Bonchev–Trinajstić information content (AvgIpc) is 3.11. The number of imide groups is 1. The van der Waals surface area contributed by atoms with E-state index in [1.54, 1.807) is 6.92 Å². The third kappa shape index (κ3) is 1.67. The fourth-order valence-electron chi connectivity index (χ4n) is 3.88. The number of halogens is 3. The van der Waals surface area contributed by atoms with Crippen molar-refractivity contribution in [3.05, 3.63) is 42.0 Å². The first-order valence-corrected chi connectivity index (χ1v) is 7.28. The van der Waals surface area contributed by atoms with E-state index < -0.39 is 29.2 Å². The molecule has 3 amide bonds. The highest BCUT2D eigenvalue weighted by Gasteiger charge is 2.65. The van der Waals surface area contributed by atoms with Crippen LogP contribution in [0.15, 0.2) is 36.4 Å². The molecule has 23 heavy (non-hydrogen) atoms. The van der Waals surface area contributed by atoms with Crippen molar-refractivity contribution in [2.45, 2.75) is 31.1 Å². The van der Waals surface area contributed by atoms with E-state index in [0.29, 0.717) is 6.42 Å². The van der Waals surface area contributed by atoms with E-state index in [2.05, 4.69) is 0 Å². The maximum absolute atomic E-state index is 12.9. The molecule has 3 aliphatic rings. The Morgan fingerprint density at radius 1 is 1.22 bits per heavy atom. The molecule has 2 fully saturated rings. The van der Waals surface area contributed by atoms with Gasteiger partial charge in [-0.3, -0.25) is 4.79 Å². The number of anilines is 1. The van der Waals surface area contributed by atoms with Crippen molar-refractivity contribution >= 4 is 17.6 Å². The van der Waals surface area contributed by atoms with Gasteiger partial charge in [0.2, 0.25) is 0 Å². The molecule has 4 rings (SSSR count). The van der Waals surface area contributed by atoms with Crippen molar-refractivity contribution in [2.75, 3.05) is 4.90 Å². The van der Waals surface area contributed by atoms with Crippen LogP contribution < -0.4 is 4.90 Å². The van der Waals surface area contributed by atoms with E-state index in [-0.39, 0.29) is 17.6 Å². The first-order valence-electron chi connectivity index (χ1n) is 7.28. The maximum Gasteiger partial charge on any atom is 0.416 e. The van der Waals surface area contributed by atoms with Crippen LogP contribution in [0, 0.1) is 5.92 Å². The quantitative estimate of drug-likeness (QED) is 0.588. The minimum atomic E-state index is -4.53. The lowest BCUT2D eigenvalue weighted by Gasteiger charge is -2.32. The average molecular weight is 322 g/mol. The molecule has 0 saturated carbocycles. The molecule has 7 heteroatoms. The van der Waals surface area contributed by atoms with E-state index in [1.807, 2.05) is 12.2 Å². The van der Waals surface area contributed by atoms with Crippen LogP contribution in [0.4, 0.5) is 23.7 Å². The molecule has 120 valence electrons. The number of hydrogen-bond acceptors (Lipinski definition) is 2. The summed E-state index contributed by atoms with van der Waals surface area (Å²) in [4.78, 5) is 27.9. The Balaban J connectivity index is 1.78. The number of carbonyl (C=O) groups is 2. The minimum Gasteiger partial charge on any atom is -0.302 e. The Kier molecular flexibility index (Phi) is 2.58. The molecule has 1 aromatic carbocycles. The zero-order valence-corrected chi connectivity index (χ0v) is 12.2. The van der Waals surface area contributed by atoms with Gasteiger partial charge in [-0.15, -0.1) is 0 Å². The molecule has 0 radical (unpaired) electrons. The Labute approximate surface area is 130 Å². The highest BCUT2D eigenvalue weighted by molar-refractivity contribution is 6.24. The van der Waals surface area contributed by atoms with Gasteiger partial charge in [0.05, 0.1) is 17.3 Å². The van der Waals surface area contributed by atoms with E-state index in [0.717, 1.165) is 17.0 Å². The zero-order valence-electron chi connectivity index (χ0n) is 12.2. The number of nitrogens with zero attached hydrogens (tertiary/aromatic N) is 2. The summed E-state index contributed by atoms with van der Waals surface area (Å²) in [6.45, 7) is 1.69. The van der Waals surface area contributed by atoms with Crippen molar-refractivity contribution in [3.8, 4) is 0 Å². The third-order valence-corrected chi connectivity index (χ3v) is 5.08. The van der Waals surface area contributed by atoms with Crippen molar-refractivity contribution in [1.82, 2.24) is 4.90 Å². The summed E-state index contributed by atoms with van der Waals surface area (Å²) in [5.41, 5.74) is -1.91. The molecular formula is C16H13F3N2O2. The zero-order chi connectivity index (χ0) is 16.6. The monoisotopic (exact) mass is 322 g/mol. The second kappa shape index (κ2) is 4.15. The van der Waals surface area contributed by atoms with Crippen LogP contribution >= 0.6 is 0 Å². The number of rotatable bonds is 1. The second-order valence-corrected chi connectivity index (χ2v) is 6.28. The molecule has 1 aliphatic carbocycles. The second-order valence-electron chi connectivity index (χ2n) is 6.28. The van der Waals surface area contributed by atoms with Crippen molar-refractivity contribution in [3.63, 3.8) is 0 Å². The largest absolute Gasteiger partial charge is 0.416 e. The molecule has 0 aromatic heterocycles. The SMILES string of the molecule is CC12C(=O)N(c3cccc(C(F)(F)F)c3)C(=O)N1C1C=CC2C1. The maximum atomic E-state index is 12.9. The normalized spacial score (nSPS) is 32.2. The van der Waals surface area contributed by atoms with E-state index in [9.17, 15) is 22.8 Å². The molecule has 2 bridgehead atoms. The Hall–Kier alpha value is -2.31. The smallest absolute Gasteiger partial charge is 0.302 e. The van der Waals surface area contributed by atoms with Gasteiger partial charge in [-0.2, -0.15) is 13.2 Å². The first-order chi connectivity index (χ1) is 10.7. The molecule has 1 aromatic rings. The van der Waals surface area contributed by atoms with Gasteiger partial charge in [0.15, 0.2) is 0 Å². The summed E-state index contributed by atoms with van der Waals surface area (Å²) in [5, 5.41) is 0. The molecule has 4 nitrogen and oxygen atoms in total. The van der Waals surface area contributed by atoms with Crippen LogP contribution in [0.5, 0.6) is 0 Å². The summed E-state index contributed by atoms with van der Waals surface area (Å²) in [7, 11) is 0. The van der Waals surface area contributed by atoms with Crippen LogP contribution in [0.2, 0.25) is 0 Å².